The number of ether oxygens (including phenoxy) is 2. The lowest BCUT2D eigenvalue weighted by atomic mass is 9.97. The molecule has 3 N–H and O–H groups in total. The largest absolute Gasteiger partial charge is 0.486 e. The van der Waals surface area contributed by atoms with Crippen molar-refractivity contribution in [3.8, 4) is 45.6 Å². The van der Waals surface area contributed by atoms with Gasteiger partial charge in [-0.15, -0.1) is 0 Å². The van der Waals surface area contributed by atoms with Gasteiger partial charge in [0.1, 0.15) is 30.4 Å². The maximum Gasteiger partial charge on any atom is 0.161 e. The molecule has 0 bridgehead atoms. The number of nitrogens with two attached hydrogens (primary N) is 1. The molecule has 1 saturated carbocycles. The van der Waals surface area contributed by atoms with Crippen LogP contribution in [0.2, 0.25) is 0 Å². The third kappa shape index (κ3) is 3.34. The van der Waals surface area contributed by atoms with Crippen molar-refractivity contribution < 1.29 is 9.47 Å². The Labute approximate surface area is 179 Å². The summed E-state index contributed by atoms with van der Waals surface area (Å²) in [5.41, 5.74) is 11.6. The molecule has 1 aliphatic carbocycles. The van der Waals surface area contributed by atoms with Crippen LogP contribution in [-0.4, -0.2) is 28.2 Å². The quantitative estimate of drug-likeness (QED) is 0.480. The minimum atomic E-state index is 0.479. The molecular weight excluding hydrogens is 388 g/mol. The standard InChI is InChI=1S/C25H20N4O2/c26-23-12-17(7-8-27-23)20-14-28-25-24(20)19(13-18(29-25)5-3-15-1-2-15)16-4-6-21-22(11-16)31-10-9-30-21/h4,6-8,11-15H,1-2,9-10H2,(H2,26,27)(H,28,29). The summed E-state index contributed by atoms with van der Waals surface area (Å²) in [6.45, 7) is 1.12. The fraction of sp³-hybridized carbons (Fsp3) is 0.200. The molecule has 3 aromatic heterocycles. The second-order valence-electron chi connectivity index (χ2n) is 7.85. The summed E-state index contributed by atoms with van der Waals surface area (Å²) < 4.78 is 11.5. The average Bonchev–Trinajstić information content (AvgIpc) is 3.54. The number of aromatic nitrogens is 3. The van der Waals surface area contributed by atoms with Gasteiger partial charge < -0.3 is 20.2 Å². The Morgan fingerprint density at radius 2 is 1.81 bits per heavy atom. The molecule has 152 valence electrons. The van der Waals surface area contributed by atoms with E-state index in [-0.39, 0.29) is 0 Å². The van der Waals surface area contributed by atoms with E-state index in [4.69, 9.17) is 20.2 Å². The van der Waals surface area contributed by atoms with Gasteiger partial charge in [0, 0.05) is 29.3 Å². The lowest BCUT2D eigenvalue weighted by Crippen LogP contribution is -2.15. The summed E-state index contributed by atoms with van der Waals surface area (Å²) in [5, 5.41) is 1.01. The number of hydrogen-bond donors (Lipinski definition) is 2. The Bertz CT molecular complexity index is 1380. The van der Waals surface area contributed by atoms with E-state index in [1.807, 2.05) is 30.5 Å². The van der Waals surface area contributed by atoms with Gasteiger partial charge in [0.2, 0.25) is 0 Å². The van der Waals surface area contributed by atoms with Crippen molar-refractivity contribution in [2.24, 2.45) is 5.92 Å². The molecule has 6 nitrogen and oxygen atoms in total. The fourth-order valence-corrected chi connectivity index (χ4v) is 3.88. The number of nitrogens with one attached hydrogen (secondary N) is 1. The summed E-state index contributed by atoms with van der Waals surface area (Å²) in [5.74, 6) is 9.09. The first-order valence-electron chi connectivity index (χ1n) is 10.4. The molecule has 0 saturated heterocycles. The van der Waals surface area contributed by atoms with Crippen molar-refractivity contribution in [1.82, 2.24) is 15.0 Å². The maximum absolute atomic E-state index is 5.95. The number of anilines is 1. The van der Waals surface area contributed by atoms with E-state index >= 15 is 0 Å². The van der Waals surface area contributed by atoms with Crippen molar-refractivity contribution in [1.29, 1.82) is 0 Å². The van der Waals surface area contributed by atoms with Crippen molar-refractivity contribution in [2.45, 2.75) is 12.8 Å². The number of pyridine rings is 2. The van der Waals surface area contributed by atoms with E-state index in [0.717, 1.165) is 50.5 Å². The van der Waals surface area contributed by atoms with Gasteiger partial charge in [0.15, 0.2) is 11.5 Å². The minimum Gasteiger partial charge on any atom is -0.486 e. The van der Waals surface area contributed by atoms with Gasteiger partial charge >= 0.3 is 0 Å². The van der Waals surface area contributed by atoms with E-state index in [1.165, 1.54) is 12.8 Å². The van der Waals surface area contributed by atoms with Crippen LogP contribution in [0.15, 0.2) is 48.8 Å². The van der Waals surface area contributed by atoms with Gasteiger partial charge in [-0.2, -0.15) is 0 Å². The Kier molecular flexibility index (Phi) is 4.07. The minimum absolute atomic E-state index is 0.479. The maximum atomic E-state index is 5.95. The average molecular weight is 408 g/mol. The van der Waals surface area contributed by atoms with Crippen LogP contribution in [0.25, 0.3) is 33.3 Å². The number of nitrogen functional groups attached to an aromatic ring is 1. The SMILES string of the molecule is Nc1cc(-c2c[nH]c3nc(C#CC4CC4)cc(-c4ccc5c(c4)OCCO5)c23)ccn1. The zero-order valence-corrected chi connectivity index (χ0v) is 16.8. The Balaban J connectivity index is 1.58. The van der Waals surface area contributed by atoms with Crippen molar-refractivity contribution in [3.63, 3.8) is 0 Å². The zero-order chi connectivity index (χ0) is 20.8. The van der Waals surface area contributed by atoms with Crippen LogP contribution in [0.3, 0.4) is 0 Å². The molecule has 1 aliphatic heterocycles. The molecule has 0 radical (unpaired) electrons. The summed E-state index contributed by atoms with van der Waals surface area (Å²) in [6.07, 6.45) is 6.04. The van der Waals surface area contributed by atoms with Crippen molar-refractivity contribution >= 4 is 16.9 Å². The smallest absolute Gasteiger partial charge is 0.161 e. The van der Waals surface area contributed by atoms with Crippen LogP contribution in [0.1, 0.15) is 18.5 Å². The number of nitrogens with zero attached hydrogens (tertiary/aromatic N) is 2. The number of H-pyrrole nitrogens is 1. The highest BCUT2D eigenvalue weighted by molar-refractivity contribution is 6.04. The second-order valence-corrected chi connectivity index (χ2v) is 7.85. The van der Waals surface area contributed by atoms with E-state index in [0.29, 0.717) is 24.9 Å². The Morgan fingerprint density at radius 3 is 2.65 bits per heavy atom. The number of rotatable bonds is 2. The Hall–Kier alpha value is -3.98. The molecule has 6 heteroatoms. The number of benzene rings is 1. The molecule has 2 aliphatic rings. The normalized spacial score (nSPS) is 14.8. The summed E-state index contributed by atoms with van der Waals surface area (Å²) in [6, 6.07) is 11.9. The molecule has 4 aromatic rings. The third-order valence-corrected chi connectivity index (χ3v) is 5.57. The van der Waals surface area contributed by atoms with Crippen molar-refractivity contribution in [2.75, 3.05) is 18.9 Å². The van der Waals surface area contributed by atoms with E-state index < -0.39 is 0 Å². The molecule has 31 heavy (non-hydrogen) atoms. The molecule has 1 aromatic carbocycles. The van der Waals surface area contributed by atoms with Gasteiger partial charge in [0.05, 0.1) is 0 Å². The third-order valence-electron chi connectivity index (χ3n) is 5.57. The lowest BCUT2D eigenvalue weighted by molar-refractivity contribution is 0.171. The van der Waals surface area contributed by atoms with Gasteiger partial charge in [-0.1, -0.05) is 12.0 Å². The highest BCUT2D eigenvalue weighted by Gasteiger charge is 2.20. The summed E-state index contributed by atoms with van der Waals surface area (Å²) in [4.78, 5) is 12.2. The number of aromatic amines is 1. The molecule has 6 rings (SSSR count). The van der Waals surface area contributed by atoms with E-state index in [1.54, 1.807) is 6.20 Å². The topological polar surface area (TPSA) is 86.1 Å². The first kappa shape index (κ1) is 17.8. The van der Waals surface area contributed by atoms with Gasteiger partial charge in [-0.25, -0.2) is 9.97 Å². The summed E-state index contributed by atoms with van der Waals surface area (Å²) >= 11 is 0. The van der Waals surface area contributed by atoms with Crippen LogP contribution >= 0.6 is 0 Å². The van der Waals surface area contributed by atoms with E-state index in [9.17, 15) is 0 Å². The molecule has 0 spiro atoms. The van der Waals surface area contributed by atoms with Crippen LogP contribution in [0, 0.1) is 17.8 Å². The van der Waals surface area contributed by atoms with Crippen LogP contribution in [0.5, 0.6) is 11.5 Å². The highest BCUT2D eigenvalue weighted by atomic mass is 16.6. The predicted molar refractivity (Wildman–Crippen MR) is 120 cm³/mol. The van der Waals surface area contributed by atoms with Crippen LogP contribution in [-0.2, 0) is 0 Å². The van der Waals surface area contributed by atoms with E-state index in [2.05, 4.69) is 33.9 Å². The predicted octanol–water partition coefficient (Wildman–Crippen LogP) is 4.41. The molecule has 4 heterocycles. The molecule has 0 unspecified atom stereocenters. The number of fused-ring (bicyclic) bond motifs is 2. The molecular formula is C25H20N4O2. The van der Waals surface area contributed by atoms with Gasteiger partial charge in [-0.05, 0) is 65.8 Å². The monoisotopic (exact) mass is 408 g/mol. The fourth-order valence-electron chi connectivity index (χ4n) is 3.88. The van der Waals surface area contributed by atoms with Gasteiger partial charge in [-0.3, -0.25) is 0 Å². The molecule has 0 atom stereocenters. The number of hydrogen-bond acceptors (Lipinski definition) is 5. The first-order chi connectivity index (χ1) is 15.2. The molecule has 1 fully saturated rings. The molecule has 0 amide bonds. The Morgan fingerprint density at radius 1 is 0.968 bits per heavy atom. The second kappa shape index (κ2) is 7.06. The highest BCUT2D eigenvalue weighted by Crippen LogP contribution is 2.40. The summed E-state index contributed by atoms with van der Waals surface area (Å²) in [7, 11) is 0. The zero-order valence-electron chi connectivity index (χ0n) is 16.8. The lowest BCUT2D eigenvalue weighted by Gasteiger charge is -2.19. The van der Waals surface area contributed by atoms with Crippen LogP contribution < -0.4 is 15.2 Å². The van der Waals surface area contributed by atoms with Gasteiger partial charge in [0.25, 0.3) is 0 Å². The van der Waals surface area contributed by atoms with Crippen molar-refractivity contribution in [3.05, 3.63) is 54.5 Å². The first-order valence-corrected chi connectivity index (χ1v) is 10.4. The van der Waals surface area contributed by atoms with Crippen LogP contribution in [0.4, 0.5) is 5.82 Å².